The highest BCUT2D eigenvalue weighted by Crippen LogP contribution is 2.22. The molecule has 0 saturated heterocycles. The van der Waals surface area contributed by atoms with Crippen LogP contribution in [0.2, 0.25) is 10.0 Å². The van der Waals surface area contributed by atoms with Crippen molar-refractivity contribution in [3.63, 3.8) is 0 Å². The van der Waals surface area contributed by atoms with E-state index in [1.165, 1.54) is 6.33 Å². The largest absolute Gasteiger partial charge is 0.489 e. The summed E-state index contributed by atoms with van der Waals surface area (Å²) in [5.41, 5.74) is 1.49. The number of aromatic nitrogens is 4. The van der Waals surface area contributed by atoms with Crippen molar-refractivity contribution in [1.82, 2.24) is 19.9 Å². The van der Waals surface area contributed by atoms with Crippen LogP contribution in [0.5, 0.6) is 5.75 Å². The summed E-state index contributed by atoms with van der Waals surface area (Å²) in [4.78, 5) is 16.8. The number of carbonyl (C=O) groups excluding carboxylic acids is 1. The lowest BCUT2D eigenvalue weighted by atomic mass is 10.2. The van der Waals surface area contributed by atoms with Gasteiger partial charge in [-0.05, 0) is 36.8 Å². The van der Waals surface area contributed by atoms with Gasteiger partial charge in [-0.3, -0.25) is 10.1 Å². The molecule has 2 aromatic carbocycles. The van der Waals surface area contributed by atoms with Crippen LogP contribution in [0, 0.1) is 6.92 Å². The molecule has 8 nitrogen and oxygen atoms in total. The van der Waals surface area contributed by atoms with Gasteiger partial charge in [0.1, 0.15) is 24.4 Å². The normalized spacial score (nSPS) is 10.8. The molecule has 1 N–H and O–H groups in total. The molecular weight excluding hydrogens is 441 g/mol. The molecule has 10 heteroatoms. The van der Waals surface area contributed by atoms with Crippen molar-refractivity contribution >= 4 is 35.1 Å². The third kappa shape index (κ3) is 5.04. The molecule has 1 amide bonds. The summed E-state index contributed by atoms with van der Waals surface area (Å²) >= 11 is 12.1. The van der Waals surface area contributed by atoms with Crippen LogP contribution >= 0.6 is 23.2 Å². The zero-order chi connectivity index (χ0) is 21.8. The van der Waals surface area contributed by atoms with E-state index in [2.05, 4.69) is 20.6 Å². The van der Waals surface area contributed by atoms with Gasteiger partial charge in [0, 0.05) is 10.0 Å². The number of nitrogens with one attached hydrogen (secondary N) is 1. The minimum absolute atomic E-state index is 0.116. The van der Waals surface area contributed by atoms with Crippen molar-refractivity contribution in [2.45, 2.75) is 20.1 Å². The van der Waals surface area contributed by atoms with Crippen LogP contribution in [0.15, 0.2) is 59.4 Å². The number of benzene rings is 2. The van der Waals surface area contributed by atoms with E-state index in [4.69, 9.17) is 32.5 Å². The Bertz CT molecular complexity index is 1210. The van der Waals surface area contributed by atoms with Gasteiger partial charge in [-0.25, -0.2) is 9.67 Å². The summed E-state index contributed by atoms with van der Waals surface area (Å²) in [6, 6.07) is 14.5. The van der Waals surface area contributed by atoms with Crippen LogP contribution in [0.3, 0.4) is 0 Å². The minimum Gasteiger partial charge on any atom is -0.489 e. The number of carbonyl (C=O) groups is 1. The maximum Gasteiger partial charge on any atom is 0.280 e. The van der Waals surface area contributed by atoms with Gasteiger partial charge in [0.2, 0.25) is 5.95 Å². The summed E-state index contributed by atoms with van der Waals surface area (Å²) in [6.45, 7) is 2.23. The summed E-state index contributed by atoms with van der Waals surface area (Å²) < 4.78 is 12.5. The van der Waals surface area contributed by atoms with Gasteiger partial charge in [0.25, 0.3) is 5.91 Å². The van der Waals surface area contributed by atoms with E-state index in [-0.39, 0.29) is 18.2 Å². The highest BCUT2D eigenvalue weighted by atomic mass is 35.5. The number of ether oxygens (including phenoxy) is 1. The lowest BCUT2D eigenvalue weighted by Gasteiger charge is -2.06. The number of aryl methyl sites for hydroxylation is 1. The van der Waals surface area contributed by atoms with Crippen LogP contribution < -0.4 is 10.1 Å². The molecular formula is C21H17Cl2N5O3. The van der Waals surface area contributed by atoms with Crippen LogP contribution in [-0.2, 0) is 13.2 Å². The van der Waals surface area contributed by atoms with Crippen molar-refractivity contribution in [2.24, 2.45) is 0 Å². The molecule has 0 saturated carbocycles. The number of nitrogens with zero attached hydrogens (tertiary/aromatic N) is 4. The zero-order valence-corrected chi connectivity index (χ0v) is 17.9. The molecule has 0 atom stereocenters. The molecule has 2 heterocycles. The molecule has 0 unspecified atom stereocenters. The van der Waals surface area contributed by atoms with Crippen LogP contribution in [0.1, 0.15) is 27.4 Å². The first-order valence-electron chi connectivity index (χ1n) is 9.27. The molecule has 2 aromatic heterocycles. The first kappa shape index (κ1) is 20.9. The van der Waals surface area contributed by atoms with Gasteiger partial charge in [-0.1, -0.05) is 52.6 Å². The standard InChI is InChI=1S/C21H17Cl2N5O3/c1-13-17(11-30-16-5-3-2-4-6-16)19(27-31-13)20(29)25-21-24-12-28(26-21)10-14-7-8-15(22)9-18(14)23/h2-9,12H,10-11H2,1H3,(H,25,26,29). The summed E-state index contributed by atoms with van der Waals surface area (Å²) in [7, 11) is 0. The molecule has 0 fully saturated rings. The molecule has 0 aliphatic heterocycles. The Morgan fingerprint density at radius 3 is 2.77 bits per heavy atom. The summed E-state index contributed by atoms with van der Waals surface area (Å²) in [5, 5.41) is 11.8. The van der Waals surface area contributed by atoms with E-state index in [0.717, 1.165) is 5.56 Å². The summed E-state index contributed by atoms with van der Waals surface area (Å²) in [6.07, 6.45) is 1.49. The fourth-order valence-electron chi connectivity index (χ4n) is 2.83. The van der Waals surface area contributed by atoms with Crippen molar-refractivity contribution in [1.29, 1.82) is 0 Å². The topological polar surface area (TPSA) is 95.1 Å². The van der Waals surface area contributed by atoms with Gasteiger partial charge < -0.3 is 9.26 Å². The van der Waals surface area contributed by atoms with Crippen LogP contribution in [0.25, 0.3) is 0 Å². The Hall–Kier alpha value is -3.36. The average molecular weight is 458 g/mol. The molecule has 0 bridgehead atoms. The van der Waals surface area contributed by atoms with Crippen molar-refractivity contribution in [3.05, 3.63) is 87.5 Å². The van der Waals surface area contributed by atoms with Gasteiger partial charge >= 0.3 is 0 Å². The number of rotatable bonds is 7. The predicted molar refractivity (Wildman–Crippen MR) is 116 cm³/mol. The van der Waals surface area contributed by atoms with Gasteiger partial charge in [0.15, 0.2) is 5.69 Å². The number of halogens is 2. The Labute approximate surface area is 187 Å². The number of amides is 1. The van der Waals surface area contributed by atoms with Gasteiger partial charge in [-0.2, -0.15) is 0 Å². The smallest absolute Gasteiger partial charge is 0.280 e. The number of para-hydroxylation sites is 1. The molecule has 4 aromatic rings. The quantitative estimate of drug-likeness (QED) is 0.429. The second kappa shape index (κ2) is 9.20. The Morgan fingerprint density at radius 1 is 1.19 bits per heavy atom. The Morgan fingerprint density at radius 2 is 2.00 bits per heavy atom. The average Bonchev–Trinajstić information content (AvgIpc) is 3.35. The van der Waals surface area contributed by atoms with Crippen molar-refractivity contribution < 1.29 is 14.1 Å². The first-order chi connectivity index (χ1) is 15.0. The number of hydrogen-bond acceptors (Lipinski definition) is 6. The molecule has 0 aliphatic carbocycles. The van der Waals surface area contributed by atoms with Crippen LogP contribution in [0.4, 0.5) is 5.95 Å². The van der Waals surface area contributed by atoms with Gasteiger partial charge in [-0.15, -0.1) is 5.10 Å². The molecule has 0 aliphatic rings. The fourth-order valence-corrected chi connectivity index (χ4v) is 3.29. The third-order valence-electron chi connectivity index (χ3n) is 4.44. The van der Waals surface area contributed by atoms with E-state index in [1.54, 1.807) is 23.7 Å². The van der Waals surface area contributed by atoms with E-state index < -0.39 is 5.91 Å². The SMILES string of the molecule is Cc1onc(C(=O)Nc2ncn(Cc3ccc(Cl)cc3Cl)n2)c1COc1ccccc1. The molecule has 4 rings (SSSR count). The summed E-state index contributed by atoms with van der Waals surface area (Å²) in [5.74, 6) is 0.809. The van der Waals surface area contributed by atoms with E-state index >= 15 is 0 Å². The molecule has 0 radical (unpaired) electrons. The fraction of sp³-hybridized carbons (Fsp3) is 0.143. The van der Waals surface area contributed by atoms with Gasteiger partial charge in [0.05, 0.1) is 12.1 Å². The van der Waals surface area contributed by atoms with E-state index in [0.29, 0.717) is 33.7 Å². The second-order valence-electron chi connectivity index (χ2n) is 6.62. The molecule has 0 spiro atoms. The predicted octanol–water partition coefficient (Wildman–Crippen LogP) is 4.76. The second-order valence-corrected chi connectivity index (χ2v) is 7.47. The van der Waals surface area contributed by atoms with Crippen molar-refractivity contribution in [2.75, 3.05) is 5.32 Å². The van der Waals surface area contributed by atoms with Crippen molar-refractivity contribution in [3.8, 4) is 5.75 Å². The third-order valence-corrected chi connectivity index (χ3v) is 5.02. The minimum atomic E-state index is -0.495. The Balaban J connectivity index is 1.43. The van der Waals surface area contributed by atoms with Crippen LogP contribution in [-0.4, -0.2) is 25.8 Å². The van der Waals surface area contributed by atoms with E-state index in [1.807, 2.05) is 36.4 Å². The van der Waals surface area contributed by atoms with E-state index in [9.17, 15) is 4.79 Å². The highest BCUT2D eigenvalue weighted by molar-refractivity contribution is 6.35. The molecule has 158 valence electrons. The Kier molecular flexibility index (Phi) is 6.20. The molecule has 31 heavy (non-hydrogen) atoms. The monoisotopic (exact) mass is 457 g/mol. The maximum atomic E-state index is 12.7. The first-order valence-corrected chi connectivity index (χ1v) is 10.0. The number of hydrogen-bond donors (Lipinski definition) is 1. The zero-order valence-electron chi connectivity index (χ0n) is 16.4. The highest BCUT2D eigenvalue weighted by Gasteiger charge is 2.21. The lowest BCUT2D eigenvalue weighted by Crippen LogP contribution is -2.16. The lowest BCUT2D eigenvalue weighted by molar-refractivity contribution is 0.101. The maximum absolute atomic E-state index is 12.7. The number of anilines is 1.